The summed E-state index contributed by atoms with van der Waals surface area (Å²) < 4.78 is 5.66. The average molecular weight is 342 g/mol. The van der Waals surface area contributed by atoms with Crippen molar-refractivity contribution in [3.05, 3.63) is 46.9 Å². The van der Waals surface area contributed by atoms with Crippen molar-refractivity contribution in [3.63, 3.8) is 0 Å². The highest BCUT2D eigenvalue weighted by atomic mass is 32.1. The molecule has 0 fully saturated rings. The van der Waals surface area contributed by atoms with Gasteiger partial charge in [-0.15, -0.1) is 5.10 Å². The second-order valence-electron chi connectivity index (χ2n) is 5.36. The summed E-state index contributed by atoms with van der Waals surface area (Å²) in [6, 6.07) is 5.78. The first-order chi connectivity index (χ1) is 11.7. The van der Waals surface area contributed by atoms with Gasteiger partial charge in [0.05, 0.1) is 23.6 Å². The van der Waals surface area contributed by atoms with Crippen molar-refractivity contribution >= 4 is 17.4 Å². The number of hydrogen-bond donors (Lipinski definition) is 1. The molecule has 0 unspecified atom stereocenters. The molecular weight excluding hydrogens is 324 g/mol. The lowest BCUT2D eigenvalue weighted by Crippen LogP contribution is -2.24. The molecule has 1 amide bonds. The van der Waals surface area contributed by atoms with Gasteiger partial charge in [-0.25, -0.2) is 0 Å². The maximum atomic E-state index is 12.3. The monoisotopic (exact) mass is 342 g/mol. The van der Waals surface area contributed by atoms with Crippen LogP contribution >= 0.6 is 11.5 Å². The summed E-state index contributed by atoms with van der Waals surface area (Å²) in [7, 11) is 1.86. The Bertz CT molecular complexity index is 826. The molecule has 0 bridgehead atoms. The van der Waals surface area contributed by atoms with E-state index in [9.17, 15) is 4.79 Å². The van der Waals surface area contributed by atoms with Crippen molar-refractivity contribution in [2.24, 2.45) is 7.05 Å². The molecule has 0 radical (unpaired) electrons. The van der Waals surface area contributed by atoms with E-state index in [0.717, 1.165) is 47.0 Å². The van der Waals surface area contributed by atoms with E-state index >= 15 is 0 Å². The van der Waals surface area contributed by atoms with Gasteiger partial charge < -0.3 is 5.32 Å². The van der Waals surface area contributed by atoms with E-state index < -0.39 is 0 Å². The van der Waals surface area contributed by atoms with Crippen LogP contribution in [0.5, 0.6) is 0 Å². The number of hydrogen-bond acceptors (Lipinski definition) is 6. The molecule has 124 valence electrons. The largest absolute Gasteiger partial charge is 0.346 e. The highest BCUT2D eigenvalue weighted by Crippen LogP contribution is 2.18. The average Bonchev–Trinajstić information content (AvgIpc) is 3.21. The second kappa shape index (κ2) is 7.31. The summed E-state index contributed by atoms with van der Waals surface area (Å²) >= 11 is 1.14. The van der Waals surface area contributed by atoms with Crippen molar-refractivity contribution in [1.82, 2.24) is 29.7 Å². The molecule has 0 spiro atoms. The van der Waals surface area contributed by atoms with Crippen molar-refractivity contribution in [2.45, 2.75) is 26.3 Å². The van der Waals surface area contributed by atoms with Gasteiger partial charge in [0, 0.05) is 25.0 Å². The quantitative estimate of drug-likeness (QED) is 0.742. The minimum atomic E-state index is -0.139. The Morgan fingerprint density at radius 1 is 1.33 bits per heavy atom. The van der Waals surface area contributed by atoms with Crippen LogP contribution in [0.4, 0.5) is 0 Å². The molecule has 0 aromatic carbocycles. The molecule has 0 saturated carbocycles. The molecule has 1 N–H and O–H groups in total. The Morgan fingerprint density at radius 2 is 2.12 bits per heavy atom. The lowest BCUT2D eigenvalue weighted by Gasteiger charge is -2.04. The van der Waals surface area contributed by atoms with E-state index in [1.807, 2.05) is 25.2 Å². The predicted octanol–water partition coefficient (Wildman–Crippen LogP) is 2.22. The fraction of sp³-hybridized carbons (Fsp3) is 0.312. The van der Waals surface area contributed by atoms with Crippen LogP contribution in [-0.4, -0.2) is 30.3 Å². The molecule has 3 heterocycles. The standard InChI is InChI=1S/C16H18N6OS/c1-3-4-13-15(24-21-19-13)16(23)18-10-12-9-14(20-22(12)2)11-5-7-17-8-6-11/h5-9H,3-4,10H2,1-2H3,(H,18,23). The van der Waals surface area contributed by atoms with Gasteiger partial charge in [0.25, 0.3) is 5.91 Å². The van der Waals surface area contributed by atoms with E-state index in [1.165, 1.54) is 0 Å². The smallest absolute Gasteiger partial charge is 0.265 e. The molecule has 3 rings (SSSR count). The maximum Gasteiger partial charge on any atom is 0.265 e. The fourth-order valence-corrected chi connectivity index (χ4v) is 2.99. The fourth-order valence-electron chi connectivity index (χ4n) is 2.37. The van der Waals surface area contributed by atoms with Crippen LogP contribution in [0, 0.1) is 0 Å². The van der Waals surface area contributed by atoms with Crippen LogP contribution in [0.15, 0.2) is 30.6 Å². The van der Waals surface area contributed by atoms with Crippen LogP contribution < -0.4 is 5.32 Å². The van der Waals surface area contributed by atoms with Gasteiger partial charge in [0.2, 0.25) is 0 Å². The number of nitrogens with zero attached hydrogens (tertiary/aromatic N) is 5. The number of pyridine rings is 1. The van der Waals surface area contributed by atoms with Crippen LogP contribution in [-0.2, 0) is 20.0 Å². The number of aryl methyl sites for hydroxylation is 2. The molecular formula is C16H18N6OS. The summed E-state index contributed by atoms with van der Waals surface area (Å²) in [5.41, 5.74) is 3.54. The first-order valence-electron chi connectivity index (χ1n) is 7.71. The molecule has 0 saturated heterocycles. The molecule has 0 aliphatic carbocycles. The first-order valence-corrected chi connectivity index (χ1v) is 8.49. The van der Waals surface area contributed by atoms with Gasteiger partial charge in [-0.05, 0) is 36.2 Å². The number of rotatable bonds is 6. The maximum absolute atomic E-state index is 12.3. The van der Waals surface area contributed by atoms with Gasteiger partial charge in [-0.3, -0.25) is 14.5 Å². The molecule has 0 aliphatic rings. The highest BCUT2D eigenvalue weighted by molar-refractivity contribution is 7.08. The minimum Gasteiger partial charge on any atom is -0.346 e. The first kappa shape index (κ1) is 16.3. The van der Waals surface area contributed by atoms with Crippen molar-refractivity contribution in [3.8, 4) is 11.3 Å². The van der Waals surface area contributed by atoms with Crippen LogP contribution in [0.3, 0.4) is 0 Å². The third-order valence-corrected chi connectivity index (χ3v) is 4.40. The van der Waals surface area contributed by atoms with E-state index in [-0.39, 0.29) is 5.91 Å². The van der Waals surface area contributed by atoms with Gasteiger partial charge in [0.15, 0.2) is 0 Å². The molecule has 24 heavy (non-hydrogen) atoms. The van der Waals surface area contributed by atoms with Crippen LogP contribution in [0.2, 0.25) is 0 Å². The van der Waals surface area contributed by atoms with E-state index in [0.29, 0.717) is 11.4 Å². The zero-order valence-electron chi connectivity index (χ0n) is 13.6. The molecule has 0 atom stereocenters. The van der Waals surface area contributed by atoms with Crippen LogP contribution in [0.25, 0.3) is 11.3 Å². The lowest BCUT2D eigenvalue weighted by molar-refractivity contribution is 0.0953. The zero-order chi connectivity index (χ0) is 16.9. The highest BCUT2D eigenvalue weighted by Gasteiger charge is 2.16. The Labute approximate surface area is 143 Å². The van der Waals surface area contributed by atoms with E-state index in [1.54, 1.807) is 17.1 Å². The van der Waals surface area contributed by atoms with E-state index in [4.69, 9.17) is 0 Å². The second-order valence-corrected chi connectivity index (χ2v) is 6.12. The summed E-state index contributed by atoms with van der Waals surface area (Å²) in [4.78, 5) is 16.9. The predicted molar refractivity (Wildman–Crippen MR) is 91.5 cm³/mol. The van der Waals surface area contributed by atoms with E-state index in [2.05, 4.69) is 31.9 Å². The number of aromatic nitrogens is 5. The number of carbonyl (C=O) groups is 1. The Morgan fingerprint density at radius 3 is 2.88 bits per heavy atom. The summed E-state index contributed by atoms with van der Waals surface area (Å²) in [6.07, 6.45) is 5.16. The minimum absolute atomic E-state index is 0.139. The molecule has 3 aromatic heterocycles. The van der Waals surface area contributed by atoms with Gasteiger partial charge in [-0.2, -0.15) is 5.10 Å². The number of nitrogens with one attached hydrogen (secondary N) is 1. The molecule has 3 aromatic rings. The topological polar surface area (TPSA) is 85.6 Å². The summed E-state index contributed by atoms with van der Waals surface area (Å²) in [5, 5.41) is 11.4. The lowest BCUT2D eigenvalue weighted by atomic mass is 10.2. The summed E-state index contributed by atoms with van der Waals surface area (Å²) in [6.45, 7) is 2.45. The SMILES string of the molecule is CCCc1nnsc1C(=O)NCc1cc(-c2ccncc2)nn1C. The molecule has 8 heteroatoms. The number of carbonyl (C=O) groups excluding carboxylic acids is 1. The normalized spacial score (nSPS) is 10.8. The zero-order valence-corrected chi connectivity index (χ0v) is 14.4. The third-order valence-electron chi connectivity index (χ3n) is 3.63. The van der Waals surface area contributed by atoms with Gasteiger partial charge in [0.1, 0.15) is 4.88 Å². The van der Waals surface area contributed by atoms with Gasteiger partial charge in [-0.1, -0.05) is 17.8 Å². The van der Waals surface area contributed by atoms with Crippen molar-refractivity contribution in [2.75, 3.05) is 0 Å². The summed E-state index contributed by atoms with van der Waals surface area (Å²) in [5.74, 6) is -0.139. The molecule has 7 nitrogen and oxygen atoms in total. The molecule has 0 aliphatic heterocycles. The van der Waals surface area contributed by atoms with Crippen molar-refractivity contribution in [1.29, 1.82) is 0 Å². The van der Waals surface area contributed by atoms with Crippen molar-refractivity contribution < 1.29 is 4.79 Å². The number of amides is 1. The Kier molecular flexibility index (Phi) is 4.95. The van der Waals surface area contributed by atoms with Gasteiger partial charge >= 0.3 is 0 Å². The Hall–Kier alpha value is -2.61. The third kappa shape index (κ3) is 3.48. The Balaban J connectivity index is 1.70. The van der Waals surface area contributed by atoms with Crippen LogP contribution in [0.1, 0.15) is 34.4 Å².